The van der Waals surface area contributed by atoms with Gasteiger partial charge in [-0.25, -0.2) is 0 Å². The van der Waals surface area contributed by atoms with Crippen molar-refractivity contribution in [3.05, 3.63) is 178 Å². The molecule has 54 heavy (non-hydrogen) atoms. The summed E-state index contributed by atoms with van der Waals surface area (Å²) >= 11 is 0. The Balaban J connectivity index is 1.04. The average Bonchev–Trinajstić information content (AvgIpc) is 3.46. The van der Waals surface area contributed by atoms with Crippen molar-refractivity contribution in [2.24, 2.45) is 5.92 Å². The van der Waals surface area contributed by atoms with Crippen LogP contribution in [0, 0.1) is 5.92 Å². The van der Waals surface area contributed by atoms with Crippen molar-refractivity contribution < 1.29 is 24.2 Å². The number of amides is 2. The standard InChI is InChI=1S/C47H44N2O5/c1-30-43(28-48(3)31(2)37-25-20-33-10-4-5-11-38(33)26-37)53-47(54-44(30)35-18-16-32(29-50)17-19-35)36-23-21-34(22-24-36)40-13-7-6-12-39(40)27-49-45(51)41-14-8-9-15-42(41)46(49)52/h4-26,30-31,43-44,47,50H,27-29H2,1-3H3. The van der Waals surface area contributed by atoms with E-state index in [0.717, 1.165) is 33.4 Å². The second-order valence-corrected chi connectivity index (χ2v) is 14.6. The maximum absolute atomic E-state index is 13.2. The summed E-state index contributed by atoms with van der Waals surface area (Å²) in [6.07, 6.45) is -0.981. The van der Waals surface area contributed by atoms with Crippen molar-refractivity contribution in [1.82, 2.24) is 9.80 Å². The summed E-state index contributed by atoms with van der Waals surface area (Å²) in [6.45, 7) is 5.29. The van der Waals surface area contributed by atoms with Gasteiger partial charge in [-0.15, -0.1) is 0 Å². The molecule has 1 fully saturated rings. The molecule has 2 aliphatic heterocycles. The second kappa shape index (κ2) is 15.1. The molecule has 2 aliphatic rings. The number of hydrogen-bond acceptors (Lipinski definition) is 6. The number of carbonyl (C=O) groups is 2. The van der Waals surface area contributed by atoms with Gasteiger partial charge in [0.05, 0.1) is 36.5 Å². The summed E-state index contributed by atoms with van der Waals surface area (Å²) in [7, 11) is 2.15. The first-order valence-electron chi connectivity index (χ1n) is 18.6. The van der Waals surface area contributed by atoms with Crippen LogP contribution in [0.4, 0.5) is 0 Å². The van der Waals surface area contributed by atoms with E-state index < -0.39 is 6.29 Å². The zero-order valence-electron chi connectivity index (χ0n) is 30.8. The number of ether oxygens (including phenoxy) is 2. The number of hydrogen-bond donors (Lipinski definition) is 1. The minimum Gasteiger partial charge on any atom is -0.392 e. The molecule has 7 heteroatoms. The molecule has 0 aliphatic carbocycles. The van der Waals surface area contributed by atoms with Crippen LogP contribution in [0.3, 0.4) is 0 Å². The van der Waals surface area contributed by atoms with Crippen molar-refractivity contribution in [3.63, 3.8) is 0 Å². The van der Waals surface area contributed by atoms with E-state index in [0.29, 0.717) is 17.7 Å². The summed E-state index contributed by atoms with van der Waals surface area (Å²) in [5.74, 6) is -0.497. The van der Waals surface area contributed by atoms with Gasteiger partial charge in [0, 0.05) is 24.1 Å². The van der Waals surface area contributed by atoms with Crippen molar-refractivity contribution in [1.29, 1.82) is 0 Å². The molecule has 272 valence electrons. The van der Waals surface area contributed by atoms with Crippen molar-refractivity contribution in [2.45, 2.75) is 51.5 Å². The lowest BCUT2D eigenvalue weighted by Crippen LogP contribution is -2.44. The fraction of sp³-hybridized carbons (Fsp3) is 0.234. The third kappa shape index (κ3) is 6.88. The molecule has 2 amide bonds. The van der Waals surface area contributed by atoms with Gasteiger partial charge in [0.15, 0.2) is 6.29 Å². The van der Waals surface area contributed by atoms with Crippen LogP contribution in [-0.4, -0.2) is 46.4 Å². The minimum atomic E-state index is -0.610. The Morgan fingerprint density at radius 1 is 0.704 bits per heavy atom. The molecule has 1 N–H and O–H groups in total. The number of benzene rings is 6. The number of nitrogens with zero attached hydrogens (tertiary/aromatic N) is 2. The van der Waals surface area contributed by atoms with Crippen molar-refractivity contribution in [3.8, 4) is 11.1 Å². The summed E-state index contributed by atoms with van der Waals surface area (Å²) in [4.78, 5) is 30.0. The van der Waals surface area contributed by atoms with Crippen LogP contribution < -0.4 is 0 Å². The van der Waals surface area contributed by atoms with Gasteiger partial charge < -0.3 is 14.6 Å². The van der Waals surface area contributed by atoms with Crippen molar-refractivity contribution >= 4 is 22.6 Å². The van der Waals surface area contributed by atoms with Crippen LogP contribution in [0.1, 0.15) is 80.8 Å². The van der Waals surface area contributed by atoms with Gasteiger partial charge in [-0.1, -0.05) is 128 Å². The van der Waals surface area contributed by atoms with Gasteiger partial charge in [0.25, 0.3) is 11.8 Å². The van der Waals surface area contributed by atoms with E-state index in [2.05, 4.69) is 80.4 Å². The normalized spacial score (nSPS) is 20.4. The van der Waals surface area contributed by atoms with E-state index in [9.17, 15) is 14.7 Å². The fourth-order valence-electron chi connectivity index (χ4n) is 7.80. The predicted molar refractivity (Wildman–Crippen MR) is 210 cm³/mol. The van der Waals surface area contributed by atoms with Gasteiger partial charge in [0.2, 0.25) is 0 Å². The molecule has 0 saturated carbocycles. The number of imide groups is 1. The highest BCUT2D eigenvalue weighted by molar-refractivity contribution is 6.21. The van der Waals surface area contributed by atoms with Crippen LogP contribution >= 0.6 is 0 Å². The lowest BCUT2D eigenvalue weighted by Gasteiger charge is -2.43. The second-order valence-electron chi connectivity index (χ2n) is 14.6. The van der Waals surface area contributed by atoms with E-state index in [4.69, 9.17) is 9.47 Å². The van der Waals surface area contributed by atoms with E-state index in [1.807, 2.05) is 60.7 Å². The molecular formula is C47H44N2O5. The monoisotopic (exact) mass is 716 g/mol. The summed E-state index contributed by atoms with van der Waals surface area (Å²) in [5, 5.41) is 12.1. The summed E-state index contributed by atoms with van der Waals surface area (Å²) in [5.41, 5.74) is 7.74. The highest BCUT2D eigenvalue weighted by atomic mass is 16.7. The Morgan fingerprint density at radius 2 is 1.31 bits per heavy atom. The maximum Gasteiger partial charge on any atom is 0.261 e. The minimum absolute atomic E-state index is 0.0129. The molecule has 8 rings (SSSR count). The Kier molecular flexibility index (Phi) is 9.97. The smallest absolute Gasteiger partial charge is 0.261 e. The van der Waals surface area contributed by atoms with Crippen LogP contribution in [0.2, 0.25) is 0 Å². The number of aliphatic hydroxyl groups is 1. The third-order valence-electron chi connectivity index (χ3n) is 11.2. The Bertz CT molecular complexity index is 2270. The Morgan fingerprint density at radius 3 is 2.00 bits per heavy atom. The SMILES string of the molecule is CC1C(CN(C)C(C)c2ccc3ccccc3c2)OC(c2ccc(-c3ccccc3CN3C(=O)c4ccccc4C3=O)cc2)OC1c1ccc(CO)cc1. The van der Waals surface area contributed by atoms with Gasteiger partial charge in [-0.3, -0.25) is 19.4 Å². The molecule has 1 saturated heterocycles. The van der Waals surface area contributed by atoms with E-state index >= 15 is 0 Å². The molecule has 0 aromatic heterocycles. The maximum atomic E-state index is 13.2. The number of aliphatic hydroxyl groups excluding tert-OH is 1. The molecule has 0 radical (unpaired) electrons. The van der Waals surface area contributed by atoms with E-state index in [1.54, 1.807) is 24.3 Å². The van der Waals surface area contributed by atoms with Gasteiger partial charge in [-0.2, -0.15) is 0 Å². The van der Waals surface area contributed by atoms with E-state index in [-0.39, 0.29) is 49.1 Å². The topological polar surface area (TPSA) is 79.3 Å². The van der Waals surface area contributed by atoms with Crippen LogP contribution in [0.5, 0.6) is 0 Å². The largest absolute Gasteiger partial charge is 0.392 e. The number of carbonyl (C=O) groups excluding carboxylic acids is 2. The lowest BCUT2D eigenvalue weighted by molar-refractivity contribution is -0.276. The molecule has 5 atom stereocenters. The zero-order valence-corrected chi connectivity index (χ0v) is 30.8. The van der Waals surface area contributed by atoms with E-state index in [1.165, 1.54) is 21.2 Å². The first kappa shape index (κ1) is 35.6. The summed E-state index contributed by atoms with van der Waals surface area (Å²) in [6, 6.07) is 46.3. The molecule has 0 spiro atoms. The first-order chi connectivity index (χ1) is 26.3. The van der Waals surface area contributed by atoms with Crippen LogP contribution in [-0.2, 0) is 22.6 Å². The quantitative estimate of drug-likeness (QED) is 0.143. The molecule has 6 aromatic carbocycles. The average molecular weight is 717 g/mol. The molecule has 7 nitrogen and oxygen atoms in total. The number of rotatable bonds is 10. The molecule has 6 aromatic rings. The molecule has 5 unspecified atom stereocenters. The van der Waals surface area contributed by atoms with Crippen LogP contribution in [0.15, 0.2) is 140 Å². The number of likely N-dealkylation sites (N-methyl/N-ethyl adjacent to an activating group) is 1. The Labute approximate surface area is 316 Å². The van der Waals surface area contributed by atoms with Gasteiger partial charge in [-0.05, 0) is 76.3 Å². The highest BCUT2D eigenvalue weighted by Gasteiger charge is 2.39. The lowest BCUT2D eigenvalue weighted by atomic mass is 9.89. The van der Waals surface area contributed by atoms with Gasteiger partial charge >= 0.3 is 0 Å². The molecule has 0 bridgehead atoms. The highest BCUT2D eigenvalue weighted by Crippen LogP contribution is 2.43. The Hall–Kier alpha value is -5.44. The molecular weight excluding hydrogens is 673 g/mol. The predicted octanol–water partition coefficient (Wildman–Crippen LogP) is 9.28. The number of fused-ring (bicyclic) bond motifs is 2. The van der Waals surface area contributed by atoms with Crippen molar-refractivity contribution in [2.75, 3.05) is 13.6 Å². The van der Waals surface area contributed by atoms with Crippen LogP contribution in [0.25, 0.3) is 21.9 Å². The van der Waals surface area contributed by atoms with Gasteiger partial charge in [0.1, 0.15) is 0 Å². The zero-order chi connectivity index (χ0) is 37.3. The third-order valence-corrected chi connectivity index (χ3v) is 11.2. The fourth-order valence-corrected chi connectivity index (χ4v) is 7.80. The first-order valence-corrected chi connectivity index (χ1v) is 18.6. The molecule has 2 heterocycles. The summed E-state index contributed by atoms with van der Waals surface area (Å²) < 4.78 is 13.6.